The van der Waals surface area contributed by atoms with Crippen molar-refractivity contribution in [3.63, 3.8) is 0 Å². The molecule has 0 bridgehead atoms. The van der Waals surface area contributed by atoms with E-state index in [1.165, 1.54) is 7.05 Å². The zero-order chi connectivity index (χ0) is 54.9. The second kappa shape index (κ2) is 34.9. The molecule has 0 heterocycles. The lowest BCUT2D eigenvalue weighted by Crippen LogP contribution is -2.55. The molecule has 0 radical (unpaired) electrons. The highest BCUT2D eigenvalue weighted by Gasteiger charge is 2.28. The molecule has 0 saturated carbocycles. The Morgan fingerprint density at radius 1 is 0.417 bits per heavy atom. The lowest BCUT2D eigenvalue weighted by Gasteiger charge is -2.21. The second-order valence-electron chi connectivity index (χ2n) is 15.0. The summed E-state index contributed by atoms with van der Waals surface area (Å²) < 4.78 is 0. The van der Waals surface area contributed by atoms with Crippen molar-refractivity contribution in [2.45, 2.75) is 87.6 Å². The highest BCUT2D eigenvalue weighted by Crippen LogP contribution is 2.03. The highest BCUT2D eigenvalue weighted by molar-refractivity contribution is 5.97. The molecule has 0 aliphatic carbocycles. The Labute approximate surface area is 408 Å². The average Bonchev–Trinajstić information content (AvgIpc) is 3.31. The molecule has 0 unspecified atom stereocenters. The molecular formula is C38H63N15O19. The first-order valence-electron chi connectivity index (χ1n) is 21.6. The molecule has 0 rings (SSSR count). The number of aliphatic carboxylic acids is 3. The molecular weight excluding hydrogens is 971 g/mol. The Bertz CT molecular complexity index is 1980. The number of amides is 11. The number of hydrogen-bond donors (Lipinski definition) is 19. The Morgan fingerprint density at radius 3 is 0.917 bits per heavy atom. The molecule has 72 heavy (non-hydrogen) atoms. The smallest absolute Gasteiger partial charge is 0.303 e. The average molecular weight is 1030 g/mol. The number of hydrogen-bond acceptors (Lipinski definition) is 18. The van der Waals surface area contributed by atoms with E-state index in [-0.39, 0.29) is 25.3 Å². The first kappa shape index (κ1) is 63.7. The quantitative estimate of drug-likeness (QED) is 0.0156. The van der Waals surface area contributed by atoms with Crippen LogP contribution in [0.1, 0.15) is 51.4 Å². The van der Waals surface area contributed by atoms with Crippen LogP contribution in [-0.2, 0) is 67.1 Å². The van der Waals surface area contributed by atoms with Gasteiger partial charge in [0.15, 0.2) is 5.96 Å². The molecule has 404 valence electrons. The lowest BCUT2D eigenvalue weighted by molar-refractivity contribution is -0.139. The number of carbonyl (C=O) groups excluding carboxylic acids is 11. The molecule has 0 aliphatic heterocycles. The van der Waals surface area contributed by atoms with E-state index in [4.69, 9.17) is 27.4 Å². The van der Waals surface area contributed by atoms with Crippen LogP contribution in [0.4, 0.5) is 0 Å². The maximum absolute atomic E-state index is 13.1. The number of rotatable bonds is 37. The van der Waals surface area contributed by atoms with Gasteiger partial charge in [-0.1, -0.05) is 0 Å². The molecule has 22 N–H and O–H groups in total. The van der Waals surface area contributed by atoms with Gasteiger partial charge in [0.2, 0.25) is 65.0 Å². The topological polar surface area (TPSA) is 563 Å². The van der Waals surface area contributed by atoms with Crippen LogP contribution in [0.3, 0.4) is 0 Å². The molecule has 0 spiro atoms. The normalized spacial score (nSPS) is 13.0. The van der Waals surface area contributed by atoms with Gasteiger partial charge in [-0.25, -0.2) is 0 Å². The Hall–Kier alpha value is -8.27. The van der Waals surface area contributed by atoms with Gasteiger partial charge in [0.05, 0.1) is 45.9 Å². The van der Waals surface area contributed by atoms with Crippen LogP contribution < -0.4 is 75.7 Å². The van der Waals surface area contributed by atoms with E-state index in [1.807, 2.05) is 5.32 Å². The van der Waals surface area contributed by atoms with Gasteiger partial charge in [0, 0.05) is 25.8 Å². The summed E-state index contributed by atoms with van der Waals surface area (Å²) in [5.41, 5.74) is 15.6. The van der Waals surface area contributed by atoms with Gasteiger partial charge in [-0.05, 0) is 39.2 Å². The van der Waals surface area contributed by atoms with Gasteiger partial charge in [-0.3, -0.25) is 72.1 Å². The van der Waals surface area contributed by atoms with Crippen LogP contribution in [0.25, 0.3) is 0 Å². The van der Waals surface area contributed by atoms with Crippen LogP contribution in [0.5, 0.6) is 0 Å². The van der Waals surface area contributed by atoms with E-state index in [9.17, 15) is 82.4 Å². The molecule has 0 fully saturated rings. The first-order valence-corrected chi connectivity index (χ1v) is 21.6. The van der Waals surface area contributed by atoms with Crippen LogP contribution in [0.2, 0.25) is 0 Å². The predicted octanol–water partition coefficient (Wildman–Crippen LogP) is -11.3. The lowest BCUT2D eigenvalue weighted by atomic mass is 10.1. The van der Waals surface area contributed by atoms with E-state index in [0.29, 0.717) is 0 Å². The van der Waals surface area contributed by atoms with Crippen LogP contribution in [0.15, 0.2) is 4.99 Å². The number of carboxylic acids is 3. The molecule has 0 saturated heterocycles. The summed E-state index contributed by atoms with van der Waals surface area (Å²) in [6.45, 7) is -5.58. The van der Waals surface area contributed by atoms with E-state index in [2.05, 4.69) is 58.2 Å². The molecule has 11 amide bonds. The van der Waals surface area contributed by atoms with Gasteiger partial charge >= 0.3 is 17.9 Å². The SMILES string of the molecule is CN[C@@H](CO)C(=O)NCC(=O)N[C@@H](CCCN=C(N)N)C(=O)NCC(=O)N[C@@H](CCC(=O)O)C(=O)NCC(=O)N[C@@H](CCC(=O)O)C(=O)NCC(=O)N[C@@H](CCC(=O)O)C(=O)NCC(=O)N[C@@H](CO)C(N)=O. The van der Waals surface area contributed by atoms with Crippen molar-refractivity contribution in [1.82, 2.24) is 58.5 Å². The van der Waals surface area contributed by atoms with Crippen molar-refractivity contribution in [3.8, 4) is 0 Å². The Kier molecular flexibility index (Phi) is 30.9. The number of nitrogens with two attached hydrogens (primary N) is 3. The number of aliphatic hydroxyl groups excluding tert-OH is 2. The van der Waals surface area contributed by atoms with Crippen LogP contribution in [0, 0.1) is 0 Å². The van der Waals surface area contributed by atoms with Gasteiger partial charge in [0.1, 0.15) is 36.3 Å². The minimum atomic E-state index is -1.69. The van der Waals surface area contributed by atoms with Gasteiger partial charge in [0.25, 0.3) is 0 Å². The number of primary amides is 1. The molecule has 0 aromatic rings. The van der Waals surface area contributed by atoms with Gasteiger partial charge in [-0.15, -0.1) is 0 Å². The fourth-order valence-corrected chi connectivity index (χ4v) is 5.57. The molecule has 34 heteroatoms. The van der Waals surface area contributed by atoms with E-state index >= 15 is 0 Å². The summed E-state index contributed by atoms with van der Waals surface area (Å²) in [7, 11) is 1.39. The zero-order valence-corrected chi connectivity index (χ0v) is 38.9. The van der Waals surface area contributed by atoms with E-state index in [1.54, 1.807) is 0 Å². The number of guanidine groups is 1. The Balaban J connectivity index is 5.72. The number of nitrogens with zero attached hydrogens (tertiary/aromatic N) is 1. The summed E-state index contributed by atoms with van der Waals surface area (Å²) in [4.78, 5) is 176. The molecule has 0 aliphatic rings. The van der Waals surface area contributed by atoms with Crippen molar-refractivity contribution in [3.05, 3.63) is 0 Å². The predicted molar refractivity (Wildman–Crippen MR) is 241 cm³/mol. The minimum absolute atomic E-state index is 0.0269. The number of aliphatic hydroxyl groups is 2. The van der Waals surface area contributed by atoms with Crippen molar-refractivity contribution in [2.24, 2.45) is 22.2 Å². The molecule has 34 nitrogen and oxygen atoms in total. The fraction of sp³-hybridized carbons (Fsp3) is 0.605. The molecule has 0 aromatic carbocycles. The van der Waals surface area contributed by atoms with Crippen molar-refractivity contribution >= 4 is 88.8 Å². The van der Waals surface area contributed by atoms with Gasteiger partial charge < -0.3 is 101 Å². The summed E-state index contributed by atoms with van der Waals surface area (Å²) >= 11 is 0. The highest BCUT2D eigenvalue weighted by atomic mass is 16.4. The summed E-state index contributed by atoms with van der Waals surface area (Å²) in [6, 6.07) is -8.80. The van der Waals surface area contributed by atoms with Crippen molar-refractivity contribution in [1.29, 1.82) is 0 Å². The number of aliphatic imine (C=N–C) groups is 1. The minimum Gasteiger partial charge on any atom is -0.481 e. The maximum atomic E-state index is 13.1. The van der Waals surface area contributed by atoms with E-state index in [0.717, 1.165) is 0 Å². The van der Waals surface area contributed by atoms with Crippen molar-refractivity contribution < 1.29 is 92.7 Å². The Morgan fingerprint density at radius 2 is 0.681 bits per heavy atom. The van der Waals surface area contributed by atoms with E-state index < -0.39 is 204 Å². The number of carboxylic acid groups (broad SMARTS) is 3. The number of likely N-dealkylation sites (N-methyl/N-ethyl adjacent to an activating group) is 1. The van der Waals surface area contributed by atoms with Gasteiger partial charge in [-0.2, -0.15) is 0 Å². The maximum Gasteiger partial charge on any atom is 0.303 e. The third-order valence-electron chi connectivity index (χ3n) is 9.32. The second-order valence-corrected chi connectivity index (χ2v) is 15.0. The first-order chi connectivity index (χ1) is 33.8. The summed E-state index contributed by atoms with van der Waals surface area (Å²) in [6.07, 6.45) is -3.68. The zero-order valence-electron chi connectivity index (χ0n) is 38.9. The van der Waals surface area contributed by atoms with Crippen LogP contribution in [-0.4, -0.2) is 210 Å². The molecule has 6 atom stereocenters. The number of nitrogens with one attached hydrogen (secondary N) is 11. The largest absolute Gasteiger partial charge is 0.481 e. The van der Waals surface area contributed by atoms with Crippen LogP contribution >= 0.6 is 0 Å². The fourth-order valence-electron chi connectivity index (χ4n) is 5.57. The monoisotopic (exact) mass is 1030 g/mol. The number of carbonyl (C=O) groups is 14. The summed E-state index contributed by atoms with van der Waals surface area (Å²) in [5, 5.41) is 70.1. The third kappa shape index (κ3) is 28.9. The standard InChI is InChI=1S/C38H63N15O19/c1-42-23(17-55)37(72)48-14-24(56)49-18(3-2-10-43-38(40)41)33(68)44-11-25(57)50-19(4-7-29(61)62)34(69)45-12-26(58)51-20(5-8-30(63)64)35(70)46-13-27(59)52-21(6-9-31(65)66)36(71)47-15-28(60)53-22(16-54)32(39)67/h18-23,42,54-55H,2-17H2,1H3,(H2,39,67)(H,44,68)(H,45,69)(H,46,70)(H,47,71)(H,48,72)(H,49,56)(H,50,57)(H,51,58)(H,52,59)(H,53,60)(H,61,62)(H,63,64)(H,65,66)(H4,40,41,43)/t18-,19-,20-,21-,22-,23-/m0/s1. The van der Waals surface area contributed by atoms with Crippen molar-refractivity contribution in [2.75, 3.05) is 59.5 Å². The summed E-state index contributed by atoms with van der Waals surface area (Å²) in [5.74, 6) is -15.7. The molecule has 0 aromatic heterocycles. The third-order valence-corrected chi connectivity index (χ3v) is 9.32.